The Morgan fingerprint density at radius 2 is 1.86 bits per heavy atom. The molecule has 2 aromatic rings. The van der Waals surface area contributed by atoms with Gasteiger partial charge in [0.25, 0.3) is 5.91 Å². The van der Waals surface area contributed by atoms with E-state index in [2.05, 4.69) is 10.6 Å². The van der Waals surface area contributed by atoms with Gasteiger partial charge in [-0.3, -0.25) is 9.59 Å². The molecule has 0 aromatic heterocycles. The van der Waals surface area contributed by atoms with Gasteiger partial charge in [0.2, 0.25) is 5.91 Å². The predicted molar refractivity (Wildman–Crippen MR) is 107 cm³/mol. The Hall–Kier alpha value is -2.73. The molecule has 3 rings (SSSR count). The minimum Gasteiger partial charge on any atom is -0.490 e. The molecule has 0 aliphatic carbocycles. The summed E-state index contributed by atoms with van der Waals surface area (Å²) in [5, 5.41) is 5.72. The van der Waals surface area contributed by atoms with Gasteiger partial charge in [-0.25, -0.2) is 0 Å². The molecule has 0 saturated carbocycles. The van der Waals surface area contributed by atoms with Gasteiger partial charge in [0.05, 0.1) is 24.8 Å². The van der Waals surface area contributed by atoms with Crippen molar-refractivity contribution < 1.29 is 19.1 Å². The Labute approximate surface area is 169 Å². The van der Waals surface area contributed by atoms with Gasteiger partial charge in [0.15, 0.2) is 11.5 Å². The van der Waals surface area contributed by atoms with Crippen LogP contribution in [-0.4, -0.2) is 30.9 Å². The molecule has 1 aliphatic rings. The standard InChI is InChI=1S/C21H23ClN2O4/c1-14(24-19(25)12-22)16-8-6-15(7-9-16)13-23-21(26)17-4-2-5-18-20(17)28-11-3-10-27-18/h2,4-9,14H,3,10-13H2,1H3,(H,23,26)(H,24,25). The predicted octanol–water partition coefficient (Wildman–Crippen LogP) is 3.19. The van der Waals surface area contributed by atoms with E-state index < -0.39 is 0 Å². The molecular weight excluding hydrogens is 380 g/mol. The monoisotopic (exact) mass is 402 g/mol. The number of benzene rings is 2. The van der Waals surface area contributed by atoms with Crippen LogP contribution in [0.4, 0.5) is 0 Å². The van der Waals surface area contributed by atoms with E-state index in [9.17, 15) is 9.59 Å². The summed E-state index contributed by atoms with van der Waals surface area (Å²) in [5.41, 5.74) is 2.38. The van der Waals surface area contributed by atoms with Crippen molar-refractivity contribution in [1.29, 1.82) is 0 Å². The maximum atomic E-state index is 12.6. The van der Waals surface area contributed by atoms with Gasteiger partial charge in [0.1, 0.15) is 5.88 Å². The largest absolute Gasteiger partial charge is 0.490 e. The highest BCUT2D eigenvalue weighted by atomic mass is 35.5. The summed E-state index contributed by atoms with van der Waals surface area (Å²) in [6.07, 6.45) is 0.784. The summed E-state index contributed by atoms with van der Waals surface area (Å²) < 4.78 is 11.3. The minimum atomic E-state index is -0.214. The SMILES string of the molecule is CC(NC(=O)CCl)c1ccc(CNC(=O)c2cccc3c2OCCCO3)cc1. The number of fused-ring (bicyclic) bond motifs is 1. The molecule has 6 nitrogen and oxygen atoms in total. The number of rotatable bonds is 6. The van der Waals surface area contributed by atoms with Gasteiger partial charge in [0, 0.05) is 13.0 Å². The minimum absolute atomic E-state index is 0.0631. The van der Waals surface area contributed by atoms with Crippen molar-refractivity contribution in [1.82, 2.24) is 10.6 Å². The maximum Gasteiger partial charge on any atom is 0.255 e. The molecule has 2 N–H and O–H groups in total. The number of carbonyl (C=O) groups excluding carboxylic acids is 2. The van der Waals surface area contributed by atoms with Crippen molar-refractivity contribution in [2.75, 3.05) is 19.1 Å². The highest BCUT2D eigenvalue weighted by molar-refractivity contribution is 6.27. The first-order valence-corrected chi connectivity index (χ1v) is 9.73. The van der Waals surface area contributed by atoms with Gasteiger partial charge in [-0.1, -0.05) is 30.3 Å². The second kappa shape index (κ2) is 9.46. The van der Waals surface area contributed by atoms with E-state index in [4.69, 9.17) is 21.1 Å². The Morgan fingerprint density at radius 3 is 2.61 bits per heavy atom. The topological polar surface area (TPSA) is 76.7 Å². The molecule has 1 unspecified atom stereocenters. The number of amides is 2. The number of carbonyl (C=O) groups is 2. The highest BCUT2D eigenvalue weighted by Gasteiger charge is 2.19. The third-order valence-electron chi connectivity index (χ3n) is 4.45. The average molecular weight is 403 g/mol. The first kappa shape index (κ1) is 20.0. The van der Waals surface area contributed by atoms with E-state index >= 15 is 0 Å². The van der Waals surface area contributed by atoms with Gasteiger partial charge in [-0.2, -0.15) is 0 Å². The normalized spacial score (nSPS) is 13.9. The van der Waals surface area contributed by atoms with Crippen LogP contribution in [0.3, 0.4) is 0 Å². The van der Waals surface area contributed by atoms with Gasteiger partial charge in [-0.05, 0) is 30.2 Å². The number of halogens is 1. The molecule has 2 amide bonds. The third-order valence-corrected chi connectivity index (χ3v) is 4.69. The number of nitrogens with one attached hydrogen (secondary N) is 2. The molecule has 1 atom stereocenters. The van der Waals surface area contributed by atoms with E-state index in [1.165, 1.54) is 0 Å². The van der Waals surface area contributed by atoms with Crippen molar-refractivity contribution in [3.63, 3.8) is 0 Å². The van der Waals surface area contributed by atoms with Crippen molar-refractivity contribution in [3.05, 3.63) is 59.2 Å². The molecule has 0 saturated heterocycles. The first-order chi connectivity index (χ1) is 13.6. The fourth-order valence-corrected chi connectivity index (χ4v) is 3.01. The molecule has 148 valence electrons. The van der Waals surface area contributed by atoms with Crippen LogP contribution in [0.5, 0.6) is 11.5 Å². The number of ether oxygens (including phenoxy) is 2. The third kappa shape index (κ3) is 4.95. The van der Waals surface area contributed by atoms with Gasteiger partial charge >= 0.3 is 0 Å². The molecule has 0 fully saturated rings. The lowest BCUT2D eigenvalue weighted by atomic mass is 10.1. The van der Waals surface area contributed by atoms with Crippen molar-refractivity contribution in [2.24, 2.45) is 0 Å². The van der Waals surface area contributed by atoms with Crippen LogP contribution in [0.2, 0.25) is 0 Å². The fourth-order valence-electron chi connectivity index (χ4n) is 2.94. The lowest BCUT2D eigenvalue weighted by molar-refractivity contribution is -0.119. The number of para-hydroxylation sites is 1. The van der Waals surface area contributed by atoms with Crippen LogP contribution in [-0.2, 0) is 11.3 Å². The quantitative estimate of drug-likeness (QED) is 0.727. The first-order valence-electron chi connectivity index (χ1n) is 9.19. The summed E-state index contributed by atoms with van der Waals surface area (Å²) in [4.78, 5) is 24.0. The zero-order valence-corrected chi connectivity index (χ0v) is 16.4. The van der Waals surface area contributed by atoms with E-state index in [1.54, 1.807) is 18.2 Å². The zero-order chi connectivity index (χ0) is 19.9. The molecule has 0 radical (unpaired) electrons. The van der Waals surface area contributed by atoms with Gasteiger partial charge in [-0.15, -0.1) is 11.6 Å². The van der Waals surface area contributed by atoms with Crippen molar-refractivity contribution in [2.45, 2.75) is 25.9 Å². The summed E-state index contributed by atoms with van der Waals surface area (Å²) in [6.45, 7) is 3.38. The van der Waals surface area contributed by atoms with Crippen molar-refractivity contribution in [3.8, 4) is 11.5 Å². The van der Waals surface area contributed by atoms with Gasteiger partial charge < -0.3 is 20.1 Å². The second-order valence-electron chi connectivity index (χ2n) is 6.53. The lowest BCUT2D eigenvalue weighted by Gasteiger charge is -2.14. The fraction of sp³-hybridized carbons (Fsp3) is 0.333. The Bertz CT molecular complexity index is 839. The van der Waals surface area contributed by atoms with E-state index in [0.29, 0.717) is 36.8 Å². The summed E-state index contributed by atoms with van der Waals surface area (Å²) >= 11 is 5.51. The van der Waals surface area contributed by atoms with E-state index in [-0.39, 0.29) is 23.7 Å². The smallest absolute Gasteiger partial charge is 0.255 e. The zero-order valence-electron chi connectivity index (χ0n) is 15.7. The number of hydrogen-bond donors (Lipinski definition) is 2. The van der Waals surface area contributed by atoms with Crippen LogP contribution in [0.25, 0.3) is 0 Å². The van der Waals surface area contributed by atoms with Crippen LogP contribution >= 0.6 is 11.6 Å². The average Bonchev–Trinajstić information content (AvgIpc) is 2.97. The van der Waals surface area contributed by atoms with E-state index in [0.717, 1.165) is 17.5 Å². The maximum absolute atomic E-state index is 12.6. The lowest BCUT2D eigenvalue weighted by Crippen LogP contribution is -2.27. The second-order valence-corrected chi connectivity index (χ2v) is 6.80. The number of hydrogen-bond acceptors (Lipinski definition) is 4. The van der Waals surface area contributed by atoms with Crippen LogP contribution < -0.4 is 20.1 Å². The Kier molecular flexibility index (Phi) is 6.76. The molecule has 28 heavy (non-hydrogen) atoms. The van der Waals surface area contributed by atoms with Crippen molar-refractivity contribution >= 4 is 23.4 Å². The molecule has 7 heteroatoms. The summed E-state index contributed by atoms with van der Waals surface area (Å²) in [6, 6.07) is 12.9. The molecule has 1 heterocycles. The molecular formula is C21H23ClN2O4. The molecule has 0 spiro atoms. The summed E-state index contributed by atoms with van der Waals surface area (Å²) in [5.74, 6) is 0.610. The van der Waals surface area contributed by atoms with Crippen LogP contribution in [0, 0.1) is 0 Å². The van der Waals surface area contributed by atoms with Crippen LogP contribution in [0.15, 0.2) is 42.5 Å². The summed E-state index contributed by atoms with van der Waals surface area (Å²) in [7, 11) is 0. The van der Waals surface area contributed by atoms with Crippen LogP contribution in [0.1, 0.15) is 40.9 Å². The Balaban J connectivity index is 1.62. The Morgan fingerprint density at radius 1 is 1.11 bits per heavy atom. The van der Waals surface area contributed by atoms with E-state index in [1.807, 2.05) is 31.2 Å². The highest BCUT2D eigenvalue weighted by Crippen LogP contribution is 2.33. The molecule has 1 aliphatic heterocycles. The molecule has 0 bridgehead atoms. The molecule has 2 aromatic carbocycles. The number of alkyl halides is 1.